The van der Waals surface area contributed by atoms with Gasteiger partial charge in [0.2, 0.25) is 6.20 Å². The van der Waals surface area contributed by atoms with Gasteiger partial charge in [-0.15, -0.1) is 0 Å². The summed E-state index contributed by atoms with van der Waals surface area (Å²) in [6.07, 6.45) is 6.36. The van der Waals surface area contributed by atoms with Crippen molar-refractivity contribution in [3.8, 4) is 11.8 Å². The molecule has 0 radical (unpaired) electrons. The van der Waals surface area contributed by atoms with Gasteiger partial charge in [0.05, 0.1) is 4.75 Å². The van der Waals surface area contributed by atoms with Gasteiger partial charge in [-0.05, 0) is 33.3 Å². The number of aromatic nitrogens is 1. The summed E-state index contributed by atoms with van der Waals surface area (Å²) >= 11 is 0. The Balaban J connectivity index is 0.000000243. The lowest BCUT2D eigenvalue weighted by molar-refractivity contribution is -0.641. The highest BCUT2D eigenvalue weighted by atomic mass is 32.2. The minimum absolute atomic E-state index is 0.302. The smallest absolute Gasteiger partial charge is 0.285 e. The van der Waals surface area contributed by atoms with Gasteiger partial charge < -0.3 is 4.55 Å². The van der Waals surface area contributed by atoms with Gasteiger partial charge in [-0.3, -0.25) is 0 Å². The van der Waals surface area contributed by atoms with Gasteiger partial charge in [-0.1, -0.05) is 40.8 Å². The molecule has 0 amide bonds. The lowest BCUT2D eigenvalue weighted by atomic mass is 9.92. The number of pyridine rings is 1. The van der Waals surface area contributed by atoms with Crippen LogP contribution < -0.4 is 10.5 Å². The summed E-state index contributed by atoms with van der Waals surface area (Å²) in [5, 5.41) is 0. The molecule has 0 saturated carbocycles. The molecule has 0 bridgehead atoms. The highest BCUT2D eigenvalue weighted by molar-refractivity contribution is 7.87. The van der Waals surface area contributed by atoms with Gasteiger partial charge >= 0.3 is 0 Å². The van der Waals surface area contributed by atoms with Crippen molar-refractivity contribution >= 4 is 10.1 Å². The summed E-state index contributed by atoms with van der Waals surface area (Å²) in [4.78, 5) is 0. The maximum Gasteiger partial charge on any atom is 0.285 e. The molecule has 1 aromatic rings. The number of nitrogens with zero attached hydrogens (tertiary/aromatic N) is 1. The van der Waals surface area contributed by atoms with Gasteiger partial charge in [0.15, 0.2) is 0 Å². The largest absolute Gasteiger partial charge is 0.747 e. The predicted octanol–water partition coefficient (Wildman–Crippen LogP) is 2.04. The molecule has 1 aliphatic carbocycles. The number of nitrogens with two attached hydrogens (primary N) is 1. The maximum atomic E-state index is 11.0. The Kier molecular flexibility index (Phi) is 6.76. The molecular weight excluding hydrogens is 324 g/mol. The molecule has 24 heavy (non-hydrogen) atoms. The van der Waals surface area contributed by atoms with Gasteiger partial charge in [0.1, 0.15) is 10.1 Å². The Bertz CT molecular complexity index is 814. The van der Waals surface area contributed by atoms with Gasteiger partial charge in [-0.25, -0.2) is 14.3 Å². The van der Waals surface area contributed by atoms with E-state index in [1.807, 2.05) is 38.1 Å². The molecule has 0 spiro atoms. The molecular formula is C18H24N2O3S. The zero-order valence-electron chi connectivity index (χ0n) is 14.5. The van der Waals surface area contributed by atoms with E-state index in [0.29, 0.717) is 6.42 Å². The van der Waals surface area contributed by atoms with Crippen molar-refractivity contribution in [1.82, 2.24) is 0 Å². The first-order valence-electron chi connectivity index (χ1n) is 7.66. The van der Waals surface area contributed by atoms with Crippen LogP contribution in [0.2, 0.25) is 0 Å². The van der Waals surface area contributed by atoms with Crippen molar-refractivity contribution in [2.75, 3.05) is 5.84 Å². The normalized spacial score (nSPS) is 19.9. The van der Waals surface area contributed by atoms with Crippen LogP contribution >= 0.6 is 0 Å². The van der Waals surface area contributed by atoms with E-state index in [1.165, 1.54) is 17.7 Å². The summed E-state index contributed by atoms with van der Waals surface area (Å²) in [7, 11) is -4.26. The third kappa shape index (κ3) is 5.52. The van der Waals surface area contributed by atoms with Crippen LogP contribution in [-0.2, 0) is 10.1 Å². The van der Waals surface area contributed by atoms with Crippen LogP contribution in [0.5, 0.6) is 0 Å². The van der Waals surface area contributed by atoms with Crippen molar-refractivity contribution < 1.29 is 17.6 Å². The van der Waals surface area contributed by atoms with Crippen LogP contribution in [0.3, 0.4) is 0 Å². The zero-order valence-corrected chi connectivity index (χ0v) is 15.4. The van der Waals surface area contributed by atoms with Crippen molar-refractivity contribution in [3.63, 3.8) is 0 Å². The molecule has 1 unspecified atom stereocenters. The van der Waals surface area contributed by atoms with E-state index in [4.69, 9.17) is 5.84 Å². The molecule has 1 aromatic heterocycles. The van der Waals surface area contributed by atoms with Crippen LogP contribution in [0.15, 0.2) is 47.7 Å². The summed E-state index contributed by atoms with van der Waals surface area (Å²) < 4.78 is 33.2. The molecule has 0 aromatic carbocycles. The monoisotopic (exact) mass is 348 g/mol. The van der Waals surface area contributed by atoms with E-state index in [1.54, 1.807) is 13.1 Å². The second-order valence-electron chi connectivity index (χ2n) is 5.97. The minimum atomic E-state index is -4.26. The van der Waals surface area contributed by atoms with E-state index < -0.39 is 14.9 Å². The first-order chi connectivity index (χ1) is 11.1. The topological polar surface area (TPSA) is 87.1 Å². The van der Waals surface area contributed by atoms with Crippen molar-refractivity contribution in [1.29, 1.82) is 0 Å². The SMILES string of the molecule is CC1=CC(C)(S(=O)(=O)[O-])CC(C)=C1.CCC#Cc1cccc[n+]1N. The molecule has 1 atom stereocenters. The summed E-state index contributed by atoms with van der Waals surface area (Å²) in [5.41, 5.74) is 2.61. The van der Waals surface area contributed by atoms with E-state index in [9.17, 15) is 13.0 Å². The molecule has 2 rings (SSSR count). The quantitative estimate of drug-likeness (QED) is 0.364. The van der Waals surface area contributed by atoms with E-state index in [-0.39, 0.29) is 0 Å². The molecule has 6 heteroatoms. The first kappa shape index (κ1) is 19.9. The standard InChI is InChI=1S/C9H11N2.C9H14O3S/c1-2-3-6-9-7-4-5-8-11(9)10;1-7-4-8(2)6-9(3,5-7)13(10,11)12/h4-5,7-8H,2,10H2,1H3;4-5H,6H2,1-3H3,(H,10,11,12)/q+1;/p-1. The lowest BCUT2D eigenvalue weighted by Crippen LogP contribution is -2.46. The first-order valence-corrected chi connectivity index (χ1v) is 9.06. The minimum Gasteiger partial charge on any atom is -0.747 e. The molecule has 0 saturated heterocycles. The fourth-order valence-electron chi connectivity index (χ4n) is 2.47. The average molecular weight is 348 g/mol. The van der Waals surface area contributed by atoms with Crippen LogP contribution in [0.4, 0.5) is 0 Å². The second kappa shape index (κ2) is 8.13. The zero-order chi connectivity index (χ0) is 18.4. The Morgan fingerprint density at radius 1 is 1.38 bits per heavy atom. The number of hydrogen-bond acceptors (Lipinski definition) is 4. The molecule has 1 aliphatic rings. The third-order valence-electron chi connectivity index (χ3n) is 3.49. The van der Waals surface area contributed by atoms with Crippen molar-refractivity contribution in [2.45, 2.75) is 45.3 Å². The predicted molar refractivity (Wildman–Crippen MR) is 94.2 cm³/mol. The van der Waals surface area contributed by atoms with Crippen molar-refractivity contribution in [2.24, 2.45) is 0 Å². The van der Waals surface area contributed by atoms with E-state index >= 15 is 0 Å². The lowest BCUT2D eigenvalue weighted by Gasteiger charge is -2.32. The van der Waals surface area contributed by atoms with E-state index in [0.717, 1.165) is 23.3 Å². The average Bonchev–Trinajstić information content (AvgIpc) is 2.44. The van der Waals surface area contributed by atoms with Crippen molar-refractivity contribution in [3.05, 3.63) is 53.4 Å². The van der Waals surface area contributed by atoms with Gasteiger partial charge in [0.25, 0.3) is 5.69 Å². The Hall–Kier alpha value is -2.10. The molecule has 5 nitrogen and oxygen atoms in total. The highest BCUT2D eigenvalue weighted by Gasteiger charge is 2.31. The molecule has 1 heterocycles. The molecule has 2 N–H and O–H groups in total. The summed E-state index contributed by atoms with van der Waals surface area (Å²) in [6, 6.07) is 5.68. The second-order valence-corrected chi connectivity index (χ2v) is 7.81. The highest BCUT2D eigenvalue weighted by Crippen LogP contribution is 2.31. The van der Waals surface area contributed by atoms with Crippen LogP contribution in [-0.4, -0.2) is 17.7 Å². The van der Waals surface area contributed by atoms with Crippen LogP contribution in [0.25, 0.3) is 0 Å². The van der Waals surface area contributed by atoms with Gasteiger partial charge in [-0.2, -0.15) is 0 Å². The Labute approximate surface area is 144 Å². The van der Waals surface area contributed by atoms with Gasteiger partial charge in [0, 0.05) is 24.5 Å². The van der Waals surface area contributed by atoms with Crippen LogP contribution in [0, 0.1) is 11.8 Å². The number of nitrogen functional groups attached to an aromatic ring is 1. The summed E-state index contributed by atoms with van der Waals surface area (Å²) in [5.74, 6) is 11.5. The maximum absolute atomic E-state index is 11.0. The molecule has 0 fully saturated rings. The number of rotatable bonds is 1. The molecule has 130 valence electrons. The number of allylic oxidation sites excluding steroid dienone is 3. The Morgan fingerprint density at radius 3 is 2.54 bits per heavy atom. The van der Waals surface area contributed by atoms with Crippen LogP contribution in [0.1, 0.15) is 46.2 Å². The molecule has 0 aliphatic heterocycles. The third-order valence-corrected chi connectivity index (χ3v) is 4.90. The Morgan fingerprint density at radius 2 is 2.04 bits per heavy atom. The fourth-order valence-corrected chi connectivity index (χ4v) is 3.20. The fraction of sp³-hybridized carbons (Fsp3) is 0.389. The summed E-state index contributed by atoms with van der Waals surface area (Å²) in [6.45, 7) is 7.11. The van der Waals surface area contributed by atoms with E-state index in [2.05, 4.69) is 11.8 Å². The number of hydrogen-bond donors (Lipinski definition) is 1.